The number of anilines is 2. The molecule has 1 saturated heterocycles. The third kappa shape index (κ3) is 4.47. The van der Waals surface area contributed by atoms with E-state index in [4.69, 9.17) is 4.74 Å². The van der Waals surface area contributed by atoms with Crippen LogP contribution in [0, 0.1) is 6.92 Å². The summed E-state index contributed by atoms with van der Waals surface area (Å²) < 4.78 is 30.1. The van der Waals surface area contributed by atoms with E-state index in [1.165, 1.54) is 4.31 Å². The van der Waals surface area contributed by atoms with Crippen molar-refractivity contribution in [2.75, 3.05) is 28.5 Å². The van der Waals surface area contributed by atoms with E-state index in [2.05, 4.69) is 5.32 Å². The van der Waals surface area contributed by atoms with E-state index in [1.54, 1.807) is 32.0 Å². The van der Waals surface area contributed by atoms with Gasteiger partial charge in [-0.1, -0.05) is 0 Å². The van der Waals surface area contributed by atoms with Crippen LogP contribution in [0.15, 0.2) is 18.2 Å². The molecule has 0 unspecified atom stereocenters. The monoisotopic (exact) mass is 354 g/mol. The van der Waals surface area contributed by atoms with Gasteiger partial charge in [-0.05, 0) is 44.0 Å². The van der Waals surface area contributed by atoms with Crippen LogP contribution < -0.4 is 9.62 Å². The Balaban J connectivity index is 2.00. The molecule has 0 saturated carbocycles. The molecular formula is C16H22N2O5S. The third-order valence-electron chi connectivity index (χ3n) is 3.73. The molecular weight excluding hydrogens is 332 g/mol. The number of aryl methyl sites for hydroxylation is 1. The fourth-order valence-corrected chi connectivity index (χ4v) is 4.09. The van der Waals surface area contributed by atoms with Gasteiger partial charge in [0.15, 0.2) is 0 Å². The van der Waals surface area contributed by atoms with Gasteiger partial charge in [-0.3, -0.25) is 13.9 Å². The van der Waals surface area contributed by atoms with Gasteiger partial charge < -0.3 is 10.1 Å². The van der Waals surface area contributed by atoms with Crippen LogP contribution in [0.2, 0.25) is 0 Å². The summed E-state index contributed by atoms with van der Waals surface area (Å²) in [6, 6.07) is 5.10. The van der Waals surface area contributed by atoms with E-state index in [-0.39, 0.29) is 24.5 Å². The van der Waals surface area contributed by atoms with Crippen LogP contribution >= 0.6 is 0 Å². The second-order valence-corrected chi connectivity index (χ2v) is 7.61. The Labute approximate surface area is 142 Å². The summed E-state index contributed by atoms with van der Waals surface area (Å²) in [4.78, 5) is 23.1. The highest BCUT2D eigenvalue weighted by Gasteiger charge is 2.28. The first-order valence-electron chi connectivity index (χ1n) is 7.90. The number of amides is 1. The summed E-state index contributed by atoms with van der Waals surface area (Å²) in [7, 11) is -3.22. The highest BCUT2D eigenvalue weighted by Crippen LogP contribution is 2.28. The number of esters is 1. The molecule has 1 aliphatic rings. The molecule has 0 aliphatic carbocycles. The van der Waals surface area contributed by atoms with E-state index in [0.717, 1.165) is 5.56 Å². The van der Waals surface area contributed by atoms with Gasteiger partial charge in [-0.2, -0.15) is 0 Å². The summed E-state index contributed by atoms with van der Waals surface area (Å²) in [5.41, 5.74) is 1.97. The van der Waals surface area contributed by atoms with Crippen molar-refractivity contribution in [2.24, 2.45) is 0 Å². The average Bonchev–Trinajstić information content (AvgIpc) is 2.87. The van der Waals surface area contributed by atoms with Gasteiger partial charge in [0, 0.05) is 18.7 Å². The van der Waals surface area contributed by atoms with E-state index in [1.807, 2.05) is 0 Å². The van der Waals surface area contributed by atoms with Crippen LogP contribution in [0.1, 0.15) is 31.7 Å². The quantitative estimate of drug-likeness (QED) is 0.787. The summed E-state index contributed by atoms with van der Waals surface area (Å²) in [5, 5.41) is 2.73. The number of hydrogen-bond donors (Lipinski definition) is 1. The van der Waals surface area contributed by atoms with Crippen LogP contribution in [-0.4, -0.2) is 39.2 Å². The minimum Gasteiger partial charge on any atom is -0.466 e. The smallest absolute Gasteiger partial charge is 0.306 e. The van der Waals surface area contributed by atoms with Crippen molar-refractivity contribution in [3.8, 4) is 0 Å². The minimum absolute atomic E-state index is 0.0306. The molecule has 1 aromatic carbocycles. The normalized spacial score (nSPS) is 16.0. The van der Waals surface area contributed by atoms with Crippen molar-refractivity contribution in [3.63, 3.8) is 0 Å². The zero-order valence-corrected chi connectivity index (χ0v) is 14.7. The molecule has 1 aliphatic heterocycles. The van der Waals surface area contributed by atoms with Gasteiger partial charge in [0.05, 0.1) is 24.5 Å². The third-order valence-corrected chi connectivity index (χ3v) is 5.60. The zero-order chi connectivity index (χ0) is 17.7. The first-order valence-corrected chi connectivity index (χ1v) is 9.51. The van der Waals surface area contributed by atoms with E-state index >= 15 is 0 Å². The number of nitrogens with one attached hydrogen (secondary N) is 1. The summed E-state index contributed by atoms with van der Waals surface area (Å²) in [5.74, 6) is -0.523. The number of rotatable bonds is 6. The summed E-state index contributed by atoms with van der Waals surface area (Å²) >= 11 is 0. The van der Waals surface area contributed by atoms with Crippen LogP contribution in [0.25, 0.3) is 0 Å². The van der Waals surface area contributed by atoms with Gasteiger partial charge in [0.25, 0.3) is 0 Å². The van der Waals surface area contributed by atoms with Crippen molar-refractivity contribution in [3.05, 3.63) is 23.8 Å². The molecule has 0 atom stereocenters. The standard InChI is InChI=1S/C16H22N2O5S/c1-3-23-16(20)8-7-15(19)17-14-6-5-13(11-12(14)2)18-9-4-10-24(18,21)22/h5-6,11H,3-4,7-10H2,1-2H3,(H,17,19). The molecule has 8 heteroatoms. The van der Waals surface area contributed by atoms with Gasteiger partial charge in [0.1, 0.15) is 0 Å². The van der Waals surface area contributed by atoms with Gasteiger partial charge >= 0.3 is 5.97 Å². The first-order chi connectivity index (χ1) is 11.3. The molecule has 0 radical (unpaired) electrons. The summed E-state index contributed by atoms with van der Waals surface area (Å²) in [6.07, 6.45) is 0.692. The Morgan fingerprint density at radius 2 is 2.04 bits per heavy atom. The topological polar surface area (TPSA) is 92.8 Å². The van der Waals surface area contributed by atoms with Crippen LogP contribution in [-0.2, 0) is 24.3 Å². The van der Waals surface area contributed by atoms with E-state index in [0.29, 0.717) is 30.9 Å². The average molecular weight is 354 g/mol. The van der Waals surface area contributed by atoms with Crippen molar-refractivity contribution in [1.29, 1.82) is 0 Å². The Morgan fingerprint density at radius 3 is 2.62 bits per heavy atom. The van der Waals surface area contributed by atoms with Crippen LogP contribution in [0.5, 0.6) is 0 Å². The maximum Gasteiger partial charge on any atom is 0.306 e. The van der Waals surface area contributed by atoms with Crippen LogP contribution in [0.4, 0.5) is 11.4 Å². The van der Waals surface area contributed by atoms with Crippen molar-refractivity contribution in [2.45, 2.75) is 33.1 Å². The Morgan fingerprint density at radius 1 is 1.29 bits per heavy atom. The molecule has 1 aromatic rings. The Kier molecular flexibility index (Phi) is 5.82. The summed E-state index contributed by atoms with van der Waals surface area (Å²) in [6.45, 7) is 4.28. The van der Waals surface area contributed by atoms with Crippen molar-refractivity contribution >= 4 is 33.3 Å². The maximum atomic E-state index is 12.0. The van der Waals surface area contributed by atoms with Gasteiger partial charge in [-0.15, -0.1) is 0 Å². The lowest BCUT2D eigenvalue weighted by Gasteiger charge is -2.18. The molecule has 1 N–H and O–H groups in total. The van der Waals surface area contributed by atoms with Gasteiger partial charge in [-0.25, -0.2) is 8.42 Å². The lowest BCUT2D eigenvalue weighted by molar-refractivity contribution is -0.144. The molecule has 2 rings (SSSR count). The second kappa shape index (κ2) is 7.65. The molecule has 1 heterocycles. The fraction of sp³-hybridized carbons (Fsp3) is 0.500. The molecule has 1 fully saturated rings. The molecule has 0 bridgehead atoms. The predicted molar refractivity (Wildman–Crippen MR) is 91.4 cm³/mol. The maximum absolute atomic E-state index is 12.0. The van der Waals surface area contributed by atoms with Gasteiger partial charge in [0.2, 0.25) is 15.9 Å². The number of sulfonamides is 1. The first kappa shape index (κ1) is 18.3. The Hall–Kier alpha value is -2.09. The lowest BCUT2D eigenvalue weighted by Crippen LogP contribution is -2.25. The number of carbonyl (C=O) groups excluding carboxylic acids is 2. The molecule has 24 heavy (non-hydrogen) atoms. The molecule has 7 nitrogen and oxygen atoms in total. The van der Waals surface area contributed by atoms with E-state index in [9.17, 15) is 18.0 Å². The molecule has 1 amide bonds. The molecule has 0 aromatic heterocycles. The van der Waals surface area contributed by atoms with E-state index < -0.39 is 16.0 Å². The Bertz CT molecular complexity index is 730. The highest BCUT2D eigenvalue weighted by atomic mass is 32.2. The minimum atomic E-state index is -3.22. The lowest BCUT2D eigenvalue weighted by atomic mass is 10.1. The number of benzene rings is 1. The molecule has 132 valence electrons. The van der Waals surface area contributed by atoms with Crippen molar-refractivity contribution in [1.82, 2.24) is 0 Å². The predicted octanol–water partition coefficient (Wildman–Crippen LogP) is 1.82. The second-order valence-electron chi connectivity index (χ2n) is 5.59. The SMILES string of the molecule is CCOC(=O)CCC(=O)Nc1ccc(N2CCCS2(=O)=O)cc1C. The number of nitrogens with zero attached hydrogens (tertiary/aromatic N) is 1. The highest BCUT2D eigenvalue weighted by molar-refractivity contribution is 7.93. The number of hydrogen-bond acceptors (Lipinski definition) is 5. The van der Waals surface area contributed by atoms with Crippen molar-refractivity contribution < 1.29 is 22.7 Å². The molecule has 0 spiro atoms. The van der Waals surface area contributed by atoms with Crippen LogP contribution in [0.3, 0.4) is 0 Å². The number of ether oxygens (including phenoxy) is 1. The fourth-order valence-electron chi connectivity index (χ4n) is 2.53. The zero-order valence-electron chi connectivity index (χ0n) is 13.9. The largest absolute Gasteiger partial charge is 0.466 e. The number of carbonyl (C=O) groups is 2.